The second-order valence-electron chi connectivity index (χ2n) is 7.79. The monoisotopic (exact) mass is 498 g/mol. The van der Waals surface area contributed by atoms with Gasteiger partial charge in [-0.15, -0.1) is 0 Å². The van der Waals surface area contributed by atoms with E-state index in [1.54, 1.807) is 6.07 Å². The Morgan fingerprint density at radius 3 is 1.96 bits per heavy atom. The van der Waals surface area contributed by atoms with Crippen LogP contribution in [0.1, 0.15) is 113 Å². The molecule has 0 aliphatic heterocycles. The topological polar surface area (TPSA) is 37.3 Å². The highest BCUT2D eigenvalue weighted by Gasteiger charge is 2.09. The minimum Gasteiger partial charge on any atom is -0.478 e. The fraction of sp³-hybridized carbons (Fsp3) is 0.640. The van der Waals surface area contributed by atoms with Gasteiger partial charge in [0.2, 0.25) is 0 Å². The first-order chi connectivity index (χ1) is 13.6. The molecule has 0 radical (unpaired) electrons. The molecule has 158 valence electrons. The first-order valence-corrected chi connectivity index (χ1v) is 12.4. The van der Waals surface area contributed by atoms with Gasteiger partial charge in [-0.2, -0.15) is 0 Å². The first kappa shape index (κ1) is 25.2. The van der Waals surface area contributed by atoms with Gasteiger partial charge < -0.3 is 5.11 Å². The summed E-state index contributed by atoms with van der Waals surface area (Å²) >= 11 is 2.25. The highest BCUT2D eigenvalue weighted by Crippen LogP contribution is 2.18. The smallest absolute Gasteiger partial charge is 0.335 e. The highest BCUT2D eigenvalue weighted by molar-refractivity contribution is 14.1. The van der Waals surface area contributed by atoms with Gasteiger partial charge in [0, 0.05) is 3.57 Å². The van der Waals surface area contributed by atoms with Gasteiger partial charge in [0.1, 0.15) is 0 Å². The average Bonchev–Trinajstić information content (AvgIpc) is 2.67. The third-order valence-electron chi connectivity index (χ3n) is 5.26. The lowest BCUT2D eigenvalue weighted by molar-refractivity contribution is 0.0695. The van der Waals surface area contributed by atoms with E-state index >= 15 is 0 Å². The third kappa shape index (κ3) is 12.6. The molecule has 3 heteroatoms. The maximum Gasteiger partial charge on any atom is 0.335 e. The van der Waals surface area contributed by atoms with Gasteiger partial charge in [0.25, 0.3) is 0 Å². The second kappa shape index (κ2) is 17.1. The number of aryl methyl sites for hydroxylation is 1. The average molecular weight is 498 g/mol. The maximum absolute atomic E-state index is 11.3. The summed E-state index contributed by atoms with van der Waals surface area (Å²) in [4.78, 5) is 11.3. The Morgan fingerprint density at radius 1 is 0.857 bits per heavy atom. The van der Waals surface area contributed by atoms with E-state index in [1.165, 1.54) is 83.5 Å². The number of hydrogen-bond donors (Lipinski definition) is 1. The van der Waals surface area contributed by atoms with Crippen LogP contribution in [0.4, 0.5) is 0 Å². The summed E-state index contributed by atoms with van der Waals surface area (Å²) in [6, 6.07) is 5.62. The van der Waals surface area contributed by atoms with E-state index in [-0.39, 0.29) is 0 Å². The van der Waals surface area contributed by atoms with Gasteiger partial charge in [-0.3, -0.25) is 0 Å². The SMILES string of the molecule is CCCCCCCC/C=C\CCCCCCCCc1cc(I)ccc1C(=O)O. The number of hydrogen-bond acceptors (Lipinski definition) is 1. The molecule has 0 fully saturated rings. The molecule has 0 aromatic heterocycles. The summed E-state index contributed by atoms with van der Waals surface area (Å²) in [5.74, 6) is -0.809. The Bertz CT molecular complexity index is 566. The number of halogens is 1. The summed E-state index contributed by atoms with van der Waals surface area (Å²) in [6.07, 6.45) is 23.8. The molecule has 0 unspecified atom stereocenters. The molecule has 0 amide bonds. The predicted octanol–water partition coefficient (Wildman–Crippen LogP) is 8.57. The molecule has 1 N–H and O–H groups in total. The van der Waals surface area contributed by atoms with Crippen LogP contribution in [0, 0.1) is 3.57 Å². The van der Waals surface area contributed by atoms with Crippen molar-refractivity contribution in [2.45, 2.75) is 103 Å². The summed E-state index contributed by atoms with van der Waals surface area (Å²) < 4.78 is 1.11. The Kier molecular flexibility index (Phi) is 15.3. The van der Waals surface area contributed by atoms with E-state index in [0.717, 1.165) is 22.0 Å². The molecule has 2 nitrogen and oxygen atoms in total. The quantitative estimate of drug-likeness (QED) is 0.133. The zero-order chi connectivity index (χ0) is 20.5. The van der Waals surface area contributed by atoms with E-state index in [2.05, 4.69) is 41.7 Å². The van der Waals surface area contributed by atoms with E-state index < -0.39 is 5.97 Å². The number of rotatable bonds is 17. The molecule has 0 aliphatic carbocycles. The van der Waals surface area contributed by atoms with Crippen molar-refractivity contribution in [3.05, 3.63) is 45.0 Å². The number of carboxylic acids is 1. The molecule has 0 saturated heterocycles. The molecular weight excluding hydrogens is 459 g/mol. The van der Waals surface area contributed by atoms with Gasteiger partial charge in [-0.05, 0) is 84.9 Å². The predicted molar refractivity (Wildman–Crippen MR) is 129 cm³/mol. The number of carboxylic acid groups (broad SMARTS) is 1. The van der Waals surface area contributed by atoms with Crippen LogP contribution in [0.3, 0.4) is 0 Å². The lowest BCUT2D eigenvalue weighted by Gasteiger charge is -2.07. The van der Waals surface area contributed by atoms with Crippen LogP contribution in [0.25, 0.3) is 0 Å². The van der Waals surface area contributed by atoms with Crippen molar-refractivity contribution in [1.29, 1.82) is 0 Å². The van der Waals surface area contributed by atoms with Crippen molar-refractivity contribution in [1.82, 2.24) is 0 Å². The Labute approximate surface area is 186 Å². The van der Waals surface area contributed by atoms with Crippen LogP contribution in [0.5, 0.6) is 0 Å². The molecular formula is C25H39IO2. The van der Waals surface area contributed by atoms with Crippen LogP contribution >= 0.6 is 22.6 Å². The minimum absolute atomic E-state index is 0.466. The fourth-order valence-corrected chi connectivity index (χ4v) is 4.10. The van der Waals surface area contributed by atoms with Crippen LogP contribution in [-0.4, -0.2) is 11.1 Å². The number of carbonyl (C=O) groups is 1. The molecule has 0 spiro atoms. The van der Waals surface area contributed by atoms with Gasteiger partial charge >= 0.3 is 5.97 Å². The lowest BCUT2D eigenvalue weighted by Crippen LogP contribution is -2.03. The highest BCUT2D eigenvalue weighted by atomic mass is 127. The van der Waals surface area contributed by atoms with Crippen molar-refractivity contribution in [3.8, 4) is 0 Å². The molecule has 1 aromatic rings. The number of aromatic carboxylic acids is 1. The molecule has 0 bridgehead atoms. The molecule has 1 rings (SSSR count). The van der Waals surface area contributed by atoms with Gasteiger partial charge in [0.05, 0.1) is 5.56 Å². The summed E-state index contributed by atoms with van der Waals surface area (Å²) in [5, 5.41) is 9.28. The van der Waals surface area contributed by atoms with Crippen LogP contribution < -0.4 is 0 Å². The van der Waals surface area contributed by atoms with Crippen molar-refractivity contribution in [2.24, 2.45) is 0 Å². The minimum atomic E-state index is -0.809. The van der Waals surface area contributed by atoms with E-state index in [0.29, 0.717) is 5.56 Å². The Balaban J connectivity index is 1.96. The van der Waals surface area contributed by atoms with Crippen LogP contribution in [0.2, 0.25) is 0 Å². The zero-order valence-electron chi connectivity index (χ0n) is 17.7. The Morgan fingerprint density at radius 2 is 1.39 bits per heavy atom. The third-order valence-corrected chi connectivity index (χ3v) is 5.93. The van der Waals surface area contributed by atoms with Crippen molar-refractivity contribution in [3.63, 3.8) is 0 Å². The number of allylic oxidation sites excluding steroid dienone is 2. The fourth-order valence-electron chi connectivity index (χ4n) is 3.54. The number of unbranched alkanes of at least 4 members (excludes halogenated alkanes) is 12. The first-order valence-electron chi connectivity index (χ1n) is 11.3. The van der Waals surface area contributed by atoms with E-state index in [1.807, 2.05) is 12.1 Å². The van der Waals surface area contributed by atoms with Crippen molar-refractivity contribution < 1.29 is 9.90 Å². The summed E-state index contributed by atoms with van der Waals surface area (Å²) in [6.45, 7) is 2.27. The van der Waals surface area contributed by atoms with Crippen LogP contribution in [-0.2, 0) is 6.42 Å². The molecule has 28 heavy (non-hydrogen) atoms. The zero-order valence-corrected chi connectivity index (χ0v) is 19.9. The van der Waals surface area contributed by atoms with E-state index in [9.17, 15) is 9.90 Å². The van der Waals surface area contributed by atoms with Gasteiger partial charge in [-0.1, -0.05) is 76.9 Å². The van der Waals surface area contributed by atoms with Crippen LogP contribution in [0.15, 0.2) is 30.4 Å². The standard InChI is InChI=1S/C25H39IO2/c1-2-3-4-5-6-7-8-9-10-11-12-13-14-15-16-17-18-22-21-23(26)19-20-24(22)25(27)28/h9-10,19-21H,2-8,11-18H2,1H3,(H,27,28)/b10-9-. The van der Waals surface area contributed by atoms with Crippen molar-refractivity contribution in [2.75, 3.05) is 0 Å². The summed E-state index contributed by atoms with van der Waals surface area (Å²) in [7, 11) is 0. The Hall–Kier alpha value is -0.840. The van der Waals surface area contributed by atoms with Gasteiger partial charge in [-0.25, -0.2) is 4.79 Å². The molecule has 0 saturated carbocycles. The van der Waals surface area contributed by atoms with Gasteiger partial charge in [0.15, 0.2) is 0 Å². The van der Waals surface area contributed by atoms with E-state index in [4.69, 9.17) is 0 Å². The lowest BCUT2D eigenvalue weighted by atomic mass is 10.0. The molecule has 0 atom stereocenters. The molecule has 1 aromatic carbocycles. The molecule has 0 heterocycles. The van der Waals surface area contributed by atoms with Crippen molar-refractivity contribution >= 4 is 28.6 Å². The second-order valence-corrected chi connectivity index (χ2v) is 9.04. The molecule has 0 aliphatic rings. The summed E-state index contributed by atoms with van der Waals surface area (Å²) in [5.41, 5.74) is 1.45. The maximum atomic E-state index is 11.3. The normalized spacial score (nSPS) is 11.4. The number of benzene rings is 1. The largest absolute Gasteiger partial charge is 0.478 e.